The SMILES string of the molecule is CN(C)c1ccc(C(=O)N2CCC(NC(=O)C(C)(C)CCl)CC2)cc1. The number of alkyl halides is 1. The third kappa shape index (κ3) is 4.88. The molecule has 0 radical (unpaired) electrons. The maximum Gasteiger partial charge on any atom is 0.253 e. The van der Waals surface area contributed by atoms with Crippen molar-refractivity contribution in [2.75, 3.05) is 38.0 Å². The van der Waals surface area contributed by atoms with E-state index in [-0.39, 0.29) is 17.9 Å². The molecule has 2 rings (SSSR count). The largest absolute Gasteiger partial charge is 0.378 e. The van der Waals surface area contributed by atoms with Gasteiger partial charge in [-0.05, 0) is 51.0 Å². The zero-order valence-corrected chi connectivity index (χ0v) is 16.3. The van der Waals surface area contributed by atoms with Crippen molar-refractivity contribution in [1.29, 1.82) is 0 Å². The number of likely N-dealkylation sites (tertiary alicyclic amines) is 1. The van der Waals surface area contributed by atoms with Gasteiger partial charge in [0.1, 0.15) is 0 Å². The molecule has 5 nitrogen and oxygen atoms in total. The van der Waals surface area contributed by atoms with Crippen LogP contribution >= 0.6 is 11.6 Å². The van der Waals surface area contributed by atoms with Crippen molar-refractivity contribution in [3.63, 3.8) is 0 Å². The summed E-state index contributed by atoms with van der Waals surface area (Å²) in [6, 6.07) is 7.75. The number of piperidine rings is 1. The van der Waals surface area contributed by atoms with Gasteiger partial charge in [-0.1, -0.05) is 0 Å². The van der Waals surface area contributed by atoms with Crippen molar-refractivity contribution in [2.45, 2.75) is 32.7 Å². The van der Waals surface area contributed by atoms with Crippen LogP contribution in [0.1, 0.15) is 37.0 Å². The van der Waals surface area contributed by atoms with Gasteiger partial charge in [0.15, 0.2) is 0 Å². The van der Waals surface area contributed by atoms with Crippen LogP contribution < -0.4 is 10.2 Å². The second-order valence-corrected chi connectivity index (χ2v) is 7.77. The molecule has 25 heavy (non-hydrogen) atoms. The maximum atomic E-state index is 12.6. The van der Waals surface area contributed by atoms with E-state index in [0.717, 1.165) is 18.5 Å². The molecule has 0 unspecified atom stereocenters. The van der Waals surface area contributed by atoms with E-state index in [1.807, 2.05) is 62.0 Å². The molecule has 6 heteroatoms. The van der Waals surface area contributed by atoms with Gasteiger partial charge in [-0.3, -0.25) is 9.59 Å². The molecule has 0 spiro atoms. The van der Waals surface area contributed by atoms with Crippen LogP contribution in [0, 0.1) is 5.41 Å². The Labute approximate surface area is 155 Å². The molecule has 0 bridgehead atoms. The van der Waals surface area contributed by atoms with Crippen LogP contribution in [0.25, 0.3) is 0 Å². The van der Waals surface area contributed by atoms with E-state index >= 15 is 0 Å². The summed E-state index contributed by atoms with van der Waals surface area (Å²) in [7, 11) is 3.95. The first-order valence-corrected chi connectivity index (χ1v) is 9.21. The summed E-state index contributed by atoms with van der Waals surface area (Å²) in [5.74, 6) is 0.321. The second kappa shape index (κ2) is 8.09. The normalized spacial score (nSPS) is 15.8. The molecule has 2 amide bonds. The third-order valence-electron chi connectivity index (χ3n) is 4.70. The standard InChI is InChI=1S/C19H28ClN3O2/c1-19(2,13-20)18(25)21-15-9-11-23(12-10-15)17(24)14-5-7-16(8-6-14)22(3)4/h5-8,15H,9-13H2,1-4H3,(H,21,25). The number of nitrogens with zero attached hydrogens (tertiary/aromatic N) is 2. The molecule has 0 atom stereocenters. The number of benzene rings is 1. The van der Waals surface area contributed by atoms with Crippen molar-refractivity contribution < 1.29 is 9.59 Å². The Balaban J connectivity index is 1.89. The van der Waals surface area contributed by atoms with Crippen molar-refractivity contribution >= 4 is 29.1 Å². The van der Waals surface area contributed by atoms with Crippen molar-refractivity contribution in [3.05, 3.63) is 29.8 Å². The molecule has 1 aromatic rings. The Morgan fingerprint density at radius 2 is 1.76 bits per heavy atom. The number of rotatable bonds is 5. The van der Waals surface area contributed by atoms with E-state index in [9.17, 15) is 9.59 Å². The molecule has 1 aromatic carbocycles. The number of anilines is 1. The summed E-state index contributed by atoms with van der Waals surface area (Å²) >= 11 is 5.85. The first-order chi connectivity index (χ1) is 11.7. The van der Waals surface area contributed by atoms with Gasteiger partial charge in [0, 0.05) is 50.4 Å². The van der Waals surface area contributed by atoms with Crippen LogP contribution in [0.5, 0.6) is 0 Å². The molecular weight excluding hydrogens is 338 g/mol. The lowest BCUT2D eigenvalue weighted by Crippen LogP contribution is -2.49. The topological polar surface area (TPSA) is 52.7 Å². The van der Waals surface area contributed by atoms with Gasteiger partial charge < -0.3 is 15.1 Å². The van der Waals surface area contributed by atoms with E-state index in [0.29, 0.717) is 24.5 Å². The lowest BCUT2D eigenvalue weighted by Gasteiger charge is -2.34. The summed E-state index contributed by atoms with van der Waals surface area (Å²) in [5, 5.41) is 3.06. The van der Waals surface area contributed by atoms with Crippen LogP contribution in [0.3, 0.4) is 0 Å². The van der Waals surface area contributed by atoms with Crippen LogP contribution in [0.4, 0.5) is 5.69 Å². The first-order valence-electron chi connectivity index (χ1n) is 8.68. The Morgan fingerprint density at radius 3 is 2.24 bits per heavy atom. The quantitative estimate of drug-likeness (QED) is 0.816. The molecule has 1 fully saturated rings. The minimum atomic E-state index is -0.567. The molecule has 0 aliphatic carbocycles. The van der Waals surface area contributed by atoms with Crippen LogP contribution in [0.15, 0.2) is 24.3 Å². The predicted octanol–water partition coefficient (Wildman–Crippen LogP) is 2.74. The smallest absolute Gasteiger partial charge is 0.253 e. The zero-order chi connectivity index (χ0) is 18.6. The molecule has 0 aromatic heterocycles. The van der Waals surface area contributed by atoms with Gasteiger partial charge in [-0.15, -0.1) is 11.6 Å². The molecule has 0 saturated carbocycles. The summed E-state index contributed by atoms with van der Waals surface area (Å²) in [6.07, 6.45) is 1.54. The second-order valence-electron chi connectivity index (χ2n) is 7.50. The highest BCUT2D eigenvalue weighted by molar-refractivity contribution is 6.19. The molecule has 1 heterocycles. The summed E-state index contributed by atoms with van der Waals surface area (Å²) in [4.78, 5) is 28.7. The molecule has 1 saturated heterocycles. The molecule has 1 N–H and O–H groups in total. The molecule has 1 aliphatic heterocycles. The fourth-order valence-corrected chi connectivity index (χ4v) is 2.87. The van der Waals surface area contributed by atoms with Gasteiger partial charge in [0.05, 0.1) is 5.41 Å². The predicted molar refractivity (Wildman–Crippen MR) is 102 cm³/mol. The number of carbonyl (C=O) groups excluding carboxylic acids is 2. The Morgan fingerprint density at radius 1 is 1.20 bits per heavy atom. The van der Waals surface area contributed by atoms with Gasteiger partial charge in [0.25, 0.3) is 5.91 Å². The lowest BCUT2D eigenvalue weighted by atomic mass is 9.93. The Bertz CT molecular complexity index is 606. The lowest BCUT2D eigenvalue weighted by molar-refractivity contribution is -0.129. The third-order valence-corrected chi connectivity index (χ3v) is 5.36. The van der Waals surface area contributed by atoms with Crippen molar-refractivity contribution in [2.24, 2.45) is 5.41 Å². The maximum absolute atomic E-state index is 12.6. The number of amides is 2. The van der Waals surface area contributed by atoms with E-state index in [2.05, 4.69) is 5.32 Å². The Hall–Kier alpha value is -1.75. The van der Waals surface area contributed by atoms with Crippen molar-refractivity contribution in [3.8, 4) is 0 Å². The molecule has 1 aliphatic rings. The first kappa shape index (κ1) is 19.6. The van der Waals surface area contributed by atoms with Crippen LogP contribution in [0.2, 0.25) is 0 Å². The highest BCUT2D eigenvalue weighted by Crippen LogP contribution is 2.20. The number of halogens is 1. The average Bonchev–Trinajstić information content (AvgIpc) is 2.61. The van der Waals surface area contributed by atoms with Gasteiger partial charge >= 0.3 is 0 Å². The number of carbonyl (C=O) groups is 2. The van der Waals surface area contributed by atoms with Crippen molar-refractivity contribution in [1.82, 2.24) is 10.2 Å². The van der Waals surface area contributed by atoms with E-state index < -0.39 is 5.41 Å². The van der Waals surface area contributed by atoms with Crippen LogP contribution in [-0.2, 0) is 4.79 Å². The van der Waals surface area contributed by atoms with Gasteiger partial charge in [0.2, 0.25) is 5.91 Å². The van der Waals surface area contributed by atoms with Gasteiger partial charge in [-0.25, -0.2) is 0 Å². The summed E-state index contributed by atoms with van der Waals surface area (Å²) < 4.78 is 0. The number of hydrogen-bond acceptors (Lipinski definition) is 3. The average molecular weight is 366 g/mol. The summed E-state index contributed by atoms with van der Waals surface area (Å²) in [6.45, 7) is 4.98. The highest BCUT2D eigenvalue weighted by Gasteiger charge is 2.30. The fraction of sp³-hybridized carbons (Fsp3) is 0.579. The summed E-state index contributed by atoms with van der Waals surface area (Å²) in [5.41, 5.74) is 1.21. The zero-order valence-electron chi connectivity index (χ0n) is 15.5. The molecule has 138 valence electrons. The van der Waals surface area contributed by atoms with Gasteiger partial charge in [-0.2, -0.15) is 0 Å². The van der Waals surface area contributed by atoms with E-state index in [1.54, 1.807) is 0 Å². The Kier molecular flexibility index (Phi) is 6.33. The van der Waals surface area contributed by atoms with E-state index in [4.69, 9.17) is 11.6 Å². The number of hydrogen-bond donors (Lipinski definition) is 1. The highest BCUT2D eigenvalue weighted by atomic mass is 35.5. The van der Waals surface area contributed by atoms with E-state index in [1.165, 1.54) is 0 Å². The number of nitrogens with one attached hydrogen (secondary N) is 1. The minimum absolute atomic E-state index is 0.0217. The molecular formula is C19H28ClN3O2. The monoisotopic (exact) mass is 365 g/mol. The minimum Gasteiger partial charge on any atom is -0.378 e. The fourth-order valence-electron chi connectivity index (χ4n) is 2.75. The van der Waals surface area contributed by atoms with Crippen LogP contribution in [-0.4, -0.2) is 55.8 Å².